The lowest BCUT2D eigenvalue weighted by molar-refractivity contribution is -0.0243. The van der Waals surface area contributed by atoms with Crippen molar-refractivity contribution in [1.29, 1.82) is 0 Å². The van der Waals surface area contributed by atoms with Gasteiger partial charge in [0.2, 0.25) is 0 Å². The molecule has 0 bridgehead atoms. The van der Waals surface area contributed by atoms with Crippen LogP contribution in [-0.4, -0.2) is 24.0 Å². The van der Waals surface area contributed by atoms with Gasteiger partial charge in [0.25, 0.3) is 0 Å². The zero-order valence-electron chi connectivity index (χ0n) is 9.29. The van der Waals surface area contributed by atoms with E-state index in [9.17, 15) is 0 Å². The molecule has 1 saturated carbocycles. The van der Waals surface area contributed by atoms with Gasteiger partial charge in [-0.05, 0) is 51.0 Å². The van der Waals surface area contributed by atoms with Crippen molar-refractivity contribution < 1.29 is 0 Å². The minimum atomic E-state index is 0.765. The third-order valence-electron chi connectivity index (χ3n) is 4.29. The smallest absolute Gasteiger partial charge is 0.00387 e. The SMILES string of the molecule is CCC1CC2CN(C(C)C)CCC12. The minimum absolute atomic E-state index is 0.765. The summed E-state index contributed by atoms with van der Waals surface area (Å²) >= 11 is 0. The average molecular weight is 181 g/mol. The second-order valence-electron chi connectivity index (χ2n) is 5.21. The van der Waals surface area contributed by atoms with Gasteiger partial charge in [-0.1, -0.05) is 13.3 Å². The van der Waals surface area contributed by atoms with Crippen LogP contribution in [0.4, 0.5) is 0 Å². The Bertz CT molecular complexity index is 176. The van der Waals surface area contributed by atoms with Crippen molar-refractivity contribution >= 4 is 0 Å². The number of nitrogens with zero attached hydrogens (tertiary/aromatic N) is 1. The largest absolute Gasteiger partial charge is 0.301 e. The highest BCUT2D eigenvalue weighted by atomic mass is 15.2. The molecule has 76 valence electrons. The van der Waals surface area contributed by atoms with Gasteiger partial charge in [-0.3, -0.25) is 0 Å². The van der Waals surface area contributed by atoms with E-state index in [-0.39, 0.29) is 0 Å². The normalized spacial score (nSPS) is 40.2. The molecule has 0 N–H and O–H groups in total. The molecule has 1 nitrogen and oxygen atoms in total. The van der Waals surface area contributed by atoms with Crippen LogP contribution < -0.4 is 0 Å². The average Bonchev–Trinajstić information content (AvgIpc) is 2.07. The fourth-order valence-electron chi connectivity index (χ4n) is 3.25. The minimum Gasteiger partial charge on any atom is -0.301 e. The molecule has 2 fully saturated rings. The molecule has 1 aliphatic carbocycles. The number of hydrogen-bond donors (Lipinski definition) is 0. The quantitative estimate of drug-likeness (QED) is 0.633. The maximum absolute atomic E-state index is 2.66. The standard InChI is InChI=1S/C12H23N/c1-4-10-7-11-8-13(9(2)3)6-5-12(10)11/h9-12H,4-8H2,1-3H3. The van der Waals surface area contributed by atoms with Gasteiger partial charge < -0.3 is 4.90 Å². The number of likely N-dealkylation sites (tertiary alicyclic amines) is 1. The van der Waals surface area contributed by atoms with E-state index < -0.39 is 0 Å². The van der Waals surface area contributed by atoms with E-state index in [4.69, 9.17) is 0 Å². The van der Waals surface area contributed by atoms with Crippen molar-refractivity contribution in [2.24, 2.45) is 17.8 Å². The lowest BCUT2D eigenvalue weighted by atomic mass is 9.60. The van der Waals surface area contributed by atoms with Crippen LogP contribution in [0, 0.1) is 17.8 Å². The summed E-state index contributed by atoms with van der Waals surface area (Å²) in [5, 5.41) is 0. The molecule has 13 heavy (non-hydrogen) atoms. The third kappa shape index (κ3) is 1.63. The van der Waals surface area contributed by atoms with Gasteiger partial charge >= 0.3 is 0 Å². The molecule has 1 heteroatoms. The van der Waals surface area contributed by atoms with E-state index in [2.05, 4.69) is 25.7 Å². The molecule has 0 amide bonds. The second kappa shape index (κ2) is 3.61. The maximum atomic E-state index is 2.66. The van der Waals surface area contributed by atoms with Gasteiger partial charge in [0.05, 0.1) is 0 Å². The molecular weight excluding hydrogens is 158 g/mol. The van der Waals surface area contributed by atoms with Crippen molar-refractivity contribution in [3.63, 3.8) is 0 Å². The van der Waals surface area contributed by atoms with Crippen LogP contribution >= 0.6 is 0 Å². The summed E-state index contributed by atoms with van der Waals surface area (Å²) < 4.78 is 0. The highest BCUT2D eigenvalue weighted by Gasteiger charge is 2.42. The molecule has 0 aromatic rings. The van der Waals surface area contributed by atoms with Crippen LogP contribution in [0.3, 0.4) is 0 Å². The van der Waals surface area contributed by atoms with Gasteiger partial charge in [-0.2, -0.15) is 0 Å². The first kappa shape index (κ1) is 9.51. The van der Waals surface area contributed by atoms with Gasteiger partial charge in [0.1, 0.15) is 0 Å². The molecule has 0 radical (unpaired) electrons. The highest BCUT2D eigenvalue weighted by molar-refractivity contribution is 4.94. The predicted octanol–water partition coefficient (Wildman–Crippen LogP) is 2.76. The van der Waals surface area contributed by atoms with Crippen LogP contribution in [0.2, 0.25) is 0 Å². The van der Waals surface area contributed by atoms with Crippen LogP contribution in [0.5, 0.6) is 0 Å². The molecule has 1 aliphatic heterocycles. The summed E-state index contributed by atoms with van der Waals surface area (Å²) in [6.07, 6.45) is 4.41. The van der Waals surface area contributed by atoms with Crippen molar-refractivity contribution in [3.05, 3.63) is 0 Å². The summed E-state index contributed by atoms with van der Waals surface area (Å²) in [4.78, 5) is 2.66. The summed E-state index contributed by atoms with van der Waals surface area (Å²) in [5.41, 5.74) is 0. The Morgan fingerprint density at radius 1 is 1.38 bits per heavy atom. The van der Waals surface area contributed by atoms with E-state index in [0.717, 1.165) is 23.8 Å². The molecule has 3 unspecified atom stereocenters. The fourth-order valence-corrected chi connectivity index (χ4v) is 3.25. The summed E-state index contributed by atoms with van der Waals surface area (Å²) in [6, 6.07) is 0.765. The molecule has 0 aromatic heterocycles. The Kier molecular flexibility index (Phi) is 2.64. The van der Waals surface area contributed by atoms with Crippen LogP contribution in [0.15, 0.2) is 0 Å². The maximum Gasteiger partial charge on any atom is 0.00387 e. The zero-order chi connectivity index (χ0) is 9.42. The summed E-state index contributed by atoms with van der Waals surface area (Å²) in [6.45, 7) is 9.76. The third-order valence-corrected chi connectivity index (χ3v) is 4.29. The van der Waals surface area contributed by atoms with Crippen LogP contribution in [0.25, 0.3) is 0 Å². The van der Waals surface area contributed by atoms with Crippen LogP contribution in [0.1, 0.15) is 40.0 Å². The molecule has 0 spiro atoms. The number of fused-ring (bicyclic) bond motifs is 1. The number of hydrogen-bond acceptors (Lipinski definition) is 1. The number of piperidine rings is 1. The topological polar surface area (TPSA) is 3.24 Å². The van der Waals surface area contributed by atoms with E-state index in [0.29, 0.717) is 0 Å². The van der Waals surface area contributed by atoms with E-state index in [1.165, 1.54) is 32.4 Å². The van der Waals surface area contributed by atoms with Gasteiger partial charge in [0, 0.05) is 12.6 Å². The molecule has 1 heterocycles. The molecule has 2 aliphatic rings. The first-order valence-electron chi connectivity index (χ1n) is 5.96. The molecule has 1 saturated heterocycles. The Hall–Kier alpha value is -0.0400. The monoisotopic (exact) mass is 181 g/mol. The summed E-state index contributed by atoms with van der Waals surface area (Å²) in [5.74, 6) is 3.24. The summed E-state index contributed by atoms with van der Waals surface area (Å²) in [7, 11) is 0. The molecular formula is C12H23N. The first-order valence-corrected chi connectivity index (χ1v) is 5.96. The van der Waals surface area contributed by atoms with Crippen molar-refractivity contribution in [1.82, 2.24) is 4.90 Å². The Balaban J connectivity index is 1.86. The molecule has 0 aromatic carbocycles. The van der Waals surface area contributed by atoms with Crippen LogP contribution in [-0.2, 0) is 0 Å². The molecule has 2 rings (SSSR count). The lowest BCUT2D eigenvalue weighted by Gasteiger charge is -2.52. The van der Waals surface area contributed by atoms with E-state index >= 15 is 0 Å². The van der Waals surface area contributed by atoms with Gasteiger partial charge in [0.15, 0.2) is 0 Å². The zero-order valence-corrected chi connectivity index (χ0v) is 9.29. The number of rotatable bonds is 2. The van der Waals surface area contributed by atoms with E-state index in [1.54, 1.807) is 0 Å². The lowest BCUT2D eigenvalue weighted by Crippen LogP contribution is -2.51. The fraction of sp³-hybridized carbons (Fsp3) is 1.00. The van der Waals surface area contributed by atoms with Gasteiger partial charge in [-0.25, -0.2) is 0 Å². The second-order valence-corrected chi connectivity index (χ2v) is 5.21. The van der Waals surface area contributed by atoms with Crippen molar-refractivity contribution in [2.75, 3.05) is 13.1 Å². The Labute approximate surface area is 82.5 Å². The Morgan fingerprint density at radius 3 is 2.69 bits per heavy atom. The predicted molar refractivity (Wildman–Crippen MR) is 56.7 cm³/mol. The van der Waals surface area contributed by atoms with Crippen molar-refractivity contribution in [3.8, 4) is 0 Å². The van der Waals surface area contributed by atoms with Crippen molar-refractivity contribution in [2.45, 2.75) is 46.1 Å². The molecule has 3 atom stereocenters. The Morgan fingerprint density at radius 2 is 2.15 bits per heavy atom. The highest BCUT2D eigenvalue weighted by Crippen LogP contribution is 2.47. The van der Waals surface area contributed by atoms with E-state index in [1.807, 2.05) is 0 Å². The van der Waals surface area contributed by atoms with Gasteiger partial charge in [-0.15, -0.1) is 0 Å². The first-order chi connectivity index (χ1) is 6.22.